The first-order valence-corrected chi connectivity index (χ1v) is 8.48. The summed E-state index contributed by atoms with van der Waals surface area (Å²) in [6, 6.07) is 18.4. The van der Waals surface area contributed by atoms with Crippen molar-refractivity contribution in [1.29, 1.82) is 0 Å². The molecule has 0 amide bonds. The summed E-state index contributed by atoms with van der Waals surface area (Å²) in [7, 11) is 0. The van der Waals surface area contributed by atoms with Gasteiger partial charge in [-0.1, -0.05) is 48.5 Å². The zero-order chi connectivity index (χ0) is 19.2. The molecular weight excluding hydrogens is 326 g/mol. The van der Waals surface area contributed by atoms with Crippen LogP contribution in [0.15, 0.2) is 78.1 Å². The van der Waals surface area contributed by atoms with Crippen LogP contribution >= 0.6 is 0 Å². The maximum Gasteiger partial charge on any atom is 0.339 e. The number of para-hydroxylation sites is 1. The van der Waals surface area contributed by atoms with Crippen molar-refractivity contribution in [2.24, 2.45) is 0 Å². The fraction of sp³-hybridized carbons (Fsp3) is 0.227. The first-order valence-electron chi connectivity index (χ1n) is 8.48. The van der Waals surface area contributed by atoms with E-state index in [1.54, 1.807) is 31.2 Å². The molecule has 0 unspecified atom stereocenters. The molecule has 0 spiro atoms. The van der Waals surface area contributed by atoms with Crippen molar-refractivity contribution in [2.75, 3.05) is 0 Å². The molecule has 0 radical (unpaired) electrons. The second-order valence-electron chi connectivity index (χ2n) is 7.00. The number of rotatable bonds is 5. The molecule has 0 saturated carbocycles. The van der Waals surface area contributed by atoms with E-state index in [1.165, 1.54) is 0 Å². The maximum atomic E-state index is 12.1. The standard InChI is InChI=1S/C22H25NO3/c1-16(19(24)15-20(25)26-18-13-9-6-10-14-18)21(23-22(2,3)4)17-11-7-5-8-12-17/h5-15,23-24H,1-4H3/b19-15-,21-16-. The number of carbonyl (C=O) groups is 1. The lowest BCUT2D eigenvalue weighted by atomic mass is 10.0. The Kier molecular flexibility index (Phi) is 6.23. The molecule has 2 rings (SSSR count). The highest BCUT2D eigenvalue weighted by Crippen LogP contribution is 2.23. The maximum absolute atomic E-state index is 12.1. The number of aliphatic hydroxyl groups excluding tert-OH is 1. The molecule has 26 heavy (non-hydrogen) atoms. The van der Waals surface area contributed by atoms with E-state index in [1.807, 2.05) is 57.2 Å². The van der Waals surface area contributed by atoms with Crippen LogP contribution in [0.1, 0.15) is 33.3 Å². The molecule has 136 valence electrons. The number of nitrogens with one attached hydrogen (secondary N) is 1. The van der Waals surface area contributed by atoms with Gasteiger partial charge in [0.15, 0.2) is 0 Å². The van der Waals surface area contributed by atoms with E-state index in [0.717, 1.165) is 17.3 Å². The Hall–Kier alpha value is -3.01. The van der Waals surface area contributed by atoms with E-state index >= 15 is 0 Å². The minimum absolute atomic E-state index is 0.137. The van der Waals surface area contributed by atoms with Gasteiger partial charge in [0.1, 0.15) is 11.5 Å². The molecule has 0 aliphatic carbocycles. The smallest absolute Gasteiger partial charge is 0.339 e. The van der Waals surface area contributed by atoms with Gasteiger partial charge < -0.3 is 15.2 Å². The Morgan fingerprint density at radius 3 is 2.08 bits per heavy atom. The highest BCUT2D eigenvalue weighted by Gasteiger charge is 2.17. The minimum atomic E-state index is -0.628. The Morgan fingerprint density at radius 1 is 1.00 bits per heavy atom. The summed E-state index contributed by atoms with van der Waals surface area (Å²) in [5.41, 5.74) is 2.05. The second-order valence-corrected chi connectivity index (χ2v) is 7.00. The highest BCUT2D eigenvalue weighted by atomic mass is 16.5. The topological polar surface area (TPSA) is 58.6 Å². The van der Waals surface area contributed by atoms with Crippen molar-refractivity contribution < 1.29 is 14.6 Å². The summed E-state index contributed by atoms with van der Waals surface area (Å²) >= 11 is 0. The number of hydrogen-bond acceptors (Lipinski definition) is 4. The van der Waals surface area contributed by atoms with Gasteiger partial charge in [0.2, 0.25) is 0 Å². The molecule has 2 N–H and O–H groups in total. The first kappa shape index (κ1) is 19.3. The average molecular weight is 351 g/mol. The van der Waals surface area contributed by atoms with E-state index in [-0.39, 0.29) is 11.3 Å². The van der Waals surface area contributed by atoms with Crippen LogP contribution in [0.4, 0.5) is 0 Å². The quantitative estimate of drug-likeness (QED) is 0.266. The van der Waals surface area contributed by atoms with Crippen LogP contribution in [-0.4, -0.2) is 16.6 Å². The van der Waals surface area contributed by atoms with Crippen molar-refractivity contribution >= 4 is 11.7 Å². The summed E-state index contributed by atoms with van der Waals surface area (Å²) in [5, 5.41) is 13.9. The van der Waals surface area contributed by atoms with Crippen molar-refractivity contribution in [3.05, 3.63) is 83.6 Å². The van der Waals surface area contributed by atoms with Gasteiger partial charge >= 0.3 is 5.97 Å². The van der Waals surface area contributed by atoms with Gasteiger partial charge in [0.05, 0.1) is 6.08 Å². The Bertz CT molecular complexity index is 800. The monoisotopic (exact) mass is 351 g/mol. The third-order valence-electron chi connectivity index (χ3n) is 3.54. The Labute approximate surface area is 154 Å². The molecular formula is C22H25NO3. The van der Waals surface area contributed by atoms with Gasteiger partial charge in [-0.2, -0.15) is 0 Å². The summed E-state index contributed by atoms with van der Waals surface area (Å²) in [6.07, 6.45) is 1.09. The van der Waals surface area contributed by atoms with Crippen molar-refractivity contribution in [1.82, 2.24) is 5.32 Å². The van der Waals surface area contributed by atoms with E-state index in [0.29, 0.717) is 11.3 Å². The van der Waals surface area contributed by atoms with E-state index in [2.05, 4.69) is 5.32 Å². The fourth-order valence-corrected chi connectivity index (χ4v) is 2.34. The first-order chi connectivity index (χ1) is 12.3. The van der Waals surface area contributed by atoms with Gasteiger partial charge in [0, 0.05) is 16.8 Å². The molecule has 2 aromatic carbocycles. The van der Waals surface area contributed by atoms with E-state index in [9.17, 15) is 9.90 Å². The molecule has 0 aliphatic heterocycles. The van der Waals surface area contributed by atoms with Gasteiger partial charge in [-0.25, -0.2) is 4.79 Å². The Balaban J connectivity index is 2.31. The summed E-state index contributed by atoms with van der Waals surface area (Å²) in [5.74, 6) is -0.336. The molecule has 0 heterocycles. The predicted molar refractivity (Wildman–Crippen MR) is 105 cm³/mol. The lowest BCUT2D eigenvalue weighted by Crippen LogP contribution is -2.35. The number of carbonyl (C=O) groups excluding carboxylic acids is 1. The number of aliphatic hydroxyl groups is 1. The van der Waals surface area contributed by atoms with Gasteiger partial charge in [-0.15, -0.1) is 0 Å². The predicted octanol–water partition coefficient (Wildman–Crippen LogP) is 4.85. The van der Waals surface area contributed by atoms with Crippen molar-refractivity contribution in [3.8, 4) is 5.75 Å². The lowest BCUT2D eigenvalue weighted by Gasteiger charge is -2.26. The molecule has 0 aliphatic rings. The van der Waals surface area contributed by atoms with Crippen LogP contribution in [0.25, 0.3) is 5.70 Å². The van der Waals surface area contributed by atoms with Crippen LogP contribution in [0.2, 0.25) is 0 Å². The van der Waals surface area contributed by atoms with Crippen molar-refractivity contribution in [2.45, 2.75) is 33.2 Å². The van der Waals surface area contributed by atoms with E-state index in [4.69, 9.17) is 4.74 Å². The van der Waals surface area contributed by atoms with E-state index < -0.39 is 5.97 Å². The minimum Gasteiger partial charge on any atom is -0.507 e. The number of esters is 1. The second kappa shape index (κ2) is 8.39. The SMILES string of the molecule is CC(/C(O)=C/C(=O)Oc1ccccc1)=C(/NC(C)(C)C)c1ccccc1. The van der Waals surface area contributed by atoms with Gasteiger partial charge in [0.25, 0.3) is 0 Å². The molecule has 0 fully saturated rings. The zero-order valence-corrected chi connectivity index (χ0v) is 15.6. The summed E-state index contributed by atoms with van der Waals surface area (Å²) in [6.45, 7) is 7.87. The number of allylic oxidation sites excluding steroid dienone is 1. The zero-order valence-electron chi connectivity index (χ0n) is 15.6. The van der Waals surface area contributed by atoms with Crippen LogP contribution in [0, 0.1) is 0 Å². The largest absolute Gasteiger partial charge is 0.507 e. The van der Waals surface area contributed by atoms with Crippen molar-refractivity contribution in [3.63, 3.8) is 0 Å². The lowest BCUT2D eigenvalue weighted by molar-refractivity contribution is -0.129. The fourth-order valence-electron chi connectivity index (χ4n) is 2.34. The number of hydrogen-bond donors (Lipinski definition) is 2. The van der Waals surface area contributed by atoms with Crippen LogP contribution in [-0.2, 0) is 4.79 Å². The van der Waals surface area contributed by atoms with Crippen LogP contribution in [0.5, 0.6) is 5.75 Å². The number of ether oxygens (including phenoxy) is 1. The Morgan fingerprint density at radius 2 is 1.54 bits per heavy atom. The normalized spacial score (nSPS) is 13.0. The number of benzene rings is 2. The molecule has 4 nitrogen and oxygen atoms in total. The molecule has 0 bridgehead atoms. The molecule has 0 saturated heterocycles. The average Bonchev–Trinajstić information content (AvgIpc) is 2.60. The van der Waals surface area contributed by atoms with Crippen LogP contribution < -0.4 is 10.1 Å². The summed E-state index contributed by atoms with van der Waals surface area (Å²) in [4.78, 5) is 12.1. The molecule has 0 atom stereocenters. The highest BCUT2D eigenvalue weighted by molar-refractivity contribution is 5.86. The van der Waals surface area contributed by atoms with Gasteiger partial charge in [-0.05, 0) is 45.4 Å². The molecule has 4 heteroatoms. The third-order valence-corrected chi connectivity index (χ3v) is 3.54. The van der Waals surface area contributed by atoms with Crippen LogP contribution in [0.3, 0.4) is 0 Å². The molecule has 2 aromatic rings. The summed E-state index contributed by atoms with van der Waals surface area (Å²) < 4.78 is 5.20. The molecule has 0 aromatic heterocycles. The third kappa shape index (κ3) is 5.81. The van der Waals surface area contributed by atoms with Gasteiger partial charge in [-0.3, -0.25) is 0 Å².